The van der Waals surface area contributed by atoms with E-state index in [1.807, 2.05) is 39.8 Å². The molecule has 4 nitrogen and oxygen atoms in total. The second kappa shape index (κ2) is 5.68. The van der Waals surface area contributed by atoms with Gasteiger partial charge in [0.2, 0.25) is 11.8 Å². The molecule has 0 aromatic heterocycles. The van der Waals surface area contributed by atoms with Gasteiger partial charge in [-0.1, -0.05) is 17.7 Å². The number of carbonyl (C=O) groups is 2. The van der Waals surface area contributed by atoms with Crippen LogP contribution >= 0.6 is 11.6 Å². The van der Waals surface area contributed by atoms with Crippen LogP contribution in [0.15, 0.2) is 18.2 Å². The molecule has 1 aliphatic rings. The number of benzene rings is 1. The number of anilines is 1. The van der Waals surface area contributed by atoms with Crippen LogP contribution in [0.4, 0.5) is 5.69 Å². The average Bonchev–Trinajstić information content (AvgIpc) is 2.73. The molecule has 1 saturated heterocycles. The lowest BCUT2D eigenvalue weighted by Crippen LogP contribution is -2.44. The summed E-state index contributed by atoms with van der Waals surface area (Å²) in [6.45, 7) is 8.11. The molecule has 1 atom stereocenters. The molecule has 0 radical (unpaired) electrons. The van der Waals surface area contributed by atoms with Gasteiger partial charge in [0.15, 0.2) is 0 Å². The van der Waals surface area contributed by atoms with E-state index in [2.05, 4.69) is 5.32 Å². The summed E-state index contributed by atoms with van der Waals surface area (Å²) in [6.07, 6.45) is 0.243. The van der Waals surface area contributed by atoms with Crippen molar-refractivity contribution in [3.05, 3.63) is 28.8 Å². The number of aryl methyl sites for hydroxylation is 1. The summed E-state index contributed by atoms with van der Waals surface area (Å²) < 4.78 is 0. The molecule has 1 aromatic rings. The first kappa shape index (κ1) is 15.8. The Morgan fingerprint density at radius 1 is 1.38 bits per heavy atom. The molecule has 114 valence electrons. The number of hydrogen-bond donors (Lipinski definition) is 1. The van der Waals surface area contributed by atoms with Gasteiger partial charge in [-0.2, -0.15) is 0 Å². The standard InChI is InChI=1S/C16H21ClN2O2/c1-10-5-6-12(8-13(10)17)19-9-11(7-14(19)20)15(21)18-16(2,3)4/h5-6,8,11H,7,9H2,1-4H3,(H,18,21)/t11-/m1/s1. The highest BCUT2D eigenvalue weighted by atomic mass is 35.5. The molecule has 2 rings (SSSR count). The molecule has 5 heteroatoms. The van der Waals surface area contributed by atoms with Crippen LogP contribution in [0.3, 0.4) is 0 Å². The lowest BCUT2D eigenvalue weighted by molar-refractivity contribution is -0.127. The van der Waals surface area contributed by atoms with Gasteiger partial charge in [0.05, 0.1) is 5.92 Å². The van der Waals surface area contributed by atoms with Crippen LogP contribution in [0.5, 0.6) is 0 Å². The lowest BCUT2D eigenvalue weighted by atomic mass is 10.0. The van der Waals surface area contributed by atoms with Crippen molar-refractivity contribution in [2.24, 2.45) is 5.92 Å². The summed E-state index contributed by atoms with van der Waals surface area (Å²) in [5.41, 5.74) is 1.43. The Morgan fingerprint density at radius 3 is 2.62 bits per heavy atom. The third-order valence-electron chi connectivity index (χ3n) is 3.46. The number of halogens is 1. The molecule has 2 amide bonds. The van der Waals surface area contributed by atoms with E-state index in [0.29, 0.717) is 11.6 Å². The summed E-state index contributed by atoms with van der Waals surface area (Å²) in [5.74, 6) is -0.419. The average molecular weight is 309 g/mol. The highest BCUT2D eigenvalue weighted by Crippen LogP contribution is 2.29. The van der Waals surface area contributed by atoms with Crippen LogP contribution in [0.1, 0.15) is 32.8 Å². The summed E-state index contributed by atoms with van der Waals surface area (Å²) in [6, 6.07) is 5.52. The zero-order valence-electron chi connectivity index (χ0n) is 12.9. The Balaban J connectivity index is 2.12. The molecular weight excluding hydrogens is 288 g/mol. The maximum atomic E-state index is 12.2. The van der Waals surface area contributed by atoms with Gasteiger partial charge in [-0.05, 0) is 45.4 Å². The molecule has 0 unspecified atom stereocenters. The van der Waals surface area contributed by atoms with Crippen molar-refractivity contribution in [1.29, 1.82) is 0 Å². The second-order valence-corrected chi connectivity index (χ2v) is 6.99. The van der Waals surface area contributed by atoms with Gasteiger partial charge in [0.25, 0.3) is 0 Å². The molecule has 1 aromatic carbocycles. The minimum Gasteiger partial charge on any atom is -0.351 e. The molecule has 0 aliphatic carbocycles. The Labute approximate surface area is 130 Å². The van der Waals surface area contributed by atoms with Gasteiger partial charge in [-0.25, -0.2) is 0 Å². The smallest absolute Gasteiger partial charge is 0.227 e. The van der Waals surface area contributed by atoms with E-state index in [1.165, 1.54) is 0 Å². The van der Waals surface area contributed by atoms with Gasteiger partial charge >= 0.3 is 0 Å². The minimum absolute atomic E-state index is 0.0380. The monoisotopic (exact) mass is 308 g/mol. The van der Waals surface area contributed by atoms with Crippen LogP contribution in [0.25, 0.3) is 0 Å². The number of amides is 2. The number of carbonyl (C=O) groups excluding carboxylic acids is 2. The van der Waals surface area contributed by atoms with Gasteiger partial charge in [-0.3, -0.25) is 9.59 Å². The van der Waals surface area contributed by atoms with Crippen molar-refractivity contribution in [1.82, 2.24) is 5.32 Å². The van der Waals surface area contributed by atoms with Gasteiger partial charge in [0, 0.05) is 29.2 Å². The largest absolute Gasteiger partial charge is 0.351 e. The first-order valence-corrected chi connectivity index (χ1v) is 7.44. The highest BCUT2D eigenvalue weighted by Gasteiger charge is 2.36. The Morgan fingerprint density at radius 2 is 2.05 bits per heavy atom. The predicted molar refractivity (Wildman–Crippen MR) is 84.5 cm³/mol. The number of nitrogens with zero attached hydrogens (tertiary/aromatic N) is 1. The van der Waals surface area contributed by atoms with Crippen molar-refractivity contribution in [2.45, 2.75) is 39.7 Å². The van der Waals surface area contributed by atoms with Crippen LogP contribution in [-0.4, -0.2) is 23.9 Å². The first-order chi connectivity index (χ1) is 9.67. The lowest BCUT2D eigenvalue weighted by Gasteiger charge is -2.23. The first-order valence-electron chi connectivity index (χ1n) is 7.06. The van der Waals surface area contributed by atoms with Gasteiger partial charge < -0.3 is 10.2 Å². The second-order valence-electron chi connectivity index (χ2n) is 6.58. The zero-order valence-corrected chi connectivity index (χ0v) is 13.6. The van der Waals surface area contributed by atoms with Crippen molar-refractivity contribution in [3.63, 3.8) is 0 Å². The fourth-order valence-electron chi connectivity index (χ4n) is 2.35. The van der Waals surface area contributed by atoms with Crippen LogP contribution in [-0.2, 0) is 9.59 Å². The van der Waals surface area contributed by atoms with Crippen LogP contribution < -0.4 is 10.2 Å². The Hall–Kier alpha value is -1.55. The number of rotatable bonds is 2. The van der Waals surface area contributed by atoms with E-state index in [4.69, 9.17) is 11.6 Å². The SMILES string of the molecule is Cc1ccc(N2C[C@H](C(=O)NC(C)(C)C)CC2=O)cc1Cl. The normalized spacial score (nSPS) is 19.0. The minimum atomic E-state index is -0.309. The highest BCUT2D eigenvalue weighted by molar-refractivity contribution is 6.31. The molecule has 21 heavy (non-hydrogen) atoms. The van der Waals surface area contributed by atoms with E-state index in [1.54, 1.807) is 11.0 Å². The van der Waals surface area contributed by atoms with Crippen molar-refractivity contribution in [3.8, 4) is 0 Å². The van der Waals surface area contributed by atoms with Crippen molar-refractivity contribution in [2.75, 3.05) is 11.4 Å². The van der Waals surface area contributed by atoms with Gasteiger partial charge in [0.1, 0.15) is 0 Å². The van der Waals surface area contributed by atoms with Crippen molar-refractivity contribution < 1.29 is 9.59 Å². The topological polar surface area (TPSA) is 49.4 Å². The number of nitrogens with one attached hydrogen (secondary N) is 1. The molecule has 1 fully saturated rings. The van der Waals surface area contributed by atoms with E-state index in [0.717, 1.165) is 11.3 Å². The van der Waals surface area contributed by atoms with E-state index < -0.39 is 0 Å². The van der Waals surface area contributed by atoms with Crippen LogP contribution in [0.2, 0.25) is 5.02 Å². The third kappa shape index (κ3) is 3.76. The quantitative estimate of drug-likeness (QED) is 0.913. The fraction of sp³-hybridized carbons (Fsp3) is 0.500. The molecule has 1 aliphatic heterocycles. The van der Waals surface area contributed by atoms with Crippen molar-refractivity contribution >= 4 is 29.1 Å². The zero-order chi connectivity index (χ0) is 15.8. The fourth-order valence-corrected chi connectivity index (χ4v) is 2.53. The summed E-state index contributed by atoms with van der Waals surface area (Å²) in [7, 11) is 0. The molecule has 0 bridgehead atoms. The van der Waals surface area contributed by atoms with Gasteiger partial charge in [-0.15, -0.1) is 0 Å². The number of hydrogen-bond acceptors (Lipinski definition) is 2. The van der Waals surface area contributed by atoms with Crippen LogP contribution in [0, 0.1) is 12.8 Å². The molecule has 0 saturated carbocycles. The van der Waals surface area contributed by atoms with E-state index >= 15 is 0 Å². The molecule has 1 heterocycles. The third-order valence-corrected chi connectivity index (χ3v) is 3.87. The summed E-state index contributed by atoms with van der Waals surface area (Å²) in [5, 5.41) is 3.56. The summed E-state index contributed by atoms with van der Waals surface area (Å²) >= 11 is 6.11. The predicted octanol–water partition coefficient (Wildman–Crippen LogP) is 2.92. The molecule has 0 spiro atoms. The molecule has 1 N–H and O–H groups in total. The van der Waals surface area contributed by atoms with E-state index in [-0.39, 0.29) is 29.7 Å². The van der Waals surface area contributed by atoms with E-state index in [9.17, 15) is 9.59 Å². The molecular formula is C16H21ClN2O2. The summed E-state index contributed by atoms with van der Waals surface area (Å²) in [4.78, 5) is 26.0. The Kier molecular flexibility index (Phi) is 4.28. The maximum absolute atomic E-state index is 12.2. The Bertz CT molecular complexity index is 578. The maximum Gasteiger partial charge on any atom is 0.227 e.